The van der Waals surface area contributed by atoms with Crippen molar-refractivity contribution in [1.82, 2.24) is 14.8 Å². The predicted molar refractivity (Wildman–Crippen MR) is 100 cm³/mol. The Bertz CT molecular complexity index is 829. The Morgan fingerprint density at radius 1 is 1.18 bits per heavy atom. The number of carbonyl (C=O) groups is 1. The van der Waals surface area contributed by atoms with Crippen LogP contribution in [0.2, 0.25) is 0 Å². The van der Waals surface area contributed by atoms with Crippen molar-refractivity contribution in [2.24, 2.45) is 0 Å². The molecular formula is C20H25N3O5. The van der Waals surface area contributed by atoms with Gasteiger partial charge in [0.25, 0.3) is 5.91 Å². The number of rotatable bonds is 6. The number of benzene rings is 1. The summed E-state index contributed by atoms with van der Waals surface area (Å²) in [5, 5.41) is 0. The van der Waals surface area contributed by atoms with Gasteiger partial charge in [-0.1, -0.05) is 6.07 Å². The number of aromatic nitrogens is 1. The number of hydrogen-bond acceptors (Lipinski definition) is 7. The summed E-state index contributed by atoms with van der Waals surface area (Å²) in [4.78, 5) is 20.9. The van der Waals surface area contributed by atoms with E-state index >= 15 is 0 Å². The number of hydrogen-bond donors (Lipinski definition) is 0. The van der Waals surface area contributed by atoms with Gasteiger partial charge in [-0.15, -0.1) is 0 Å². The Morgan fingerprint density at radius 2 is 1.96 bits per heavy atom. The van der Waals surface area contributed by atoms with Crippen LogP contribution in [0.25, 0.3) is 0 Å². The summed E-state index contributed by atoms with van der Waals surface area (Å²) in [6, 6.07) is 6.24. The smallest absolute Gasteiger partial charge is 0.275 e. The summed E-state index contributed by atoms with van der Waals surface area (Å²) in [5.74, 6) is 1.98. The molecular weight excluding hydrogens is 362 g/mol. The maximum absolute atomic E-state index is 12.5. The topological polar surface area (TPSA) is 77.3 Å². The van der Waals surface area contributed by atoms with Gasteiger partial charge in [0.05, 0.1) is 19.8 Å². The number of oxazole rings is 1. The van der Waals surface area contributed by atoms with Gasteiger partial charge in [-0.3, -0.25) is 9.69 Å². The normalized spacial score (nSPS) is 16.2. The Balaban J connectivity index is 1.42. The van der Waals surface area contributed by atoms with E-state index in [-0.39, 0.29) is 18.7 Å². The average molecular weight is 387 g/mol. The van der Waals surface area contributed by atoms with Crippen molar-refractivity contribution in [3.63, 3.8) is 0 Å². The molecule has 0 aliphatic carbocycles. The molecule has 1 saturated heterocycles. The first-order chi connectivity index (χ1) is 13.6. The van der Waals surface area contributed by atoms with E-state index in [2.05, 4.69) is 23.7 Å². The summed E-state index contributed by atoms with van der Waals surface area (Å²) < 4.78 is 21.7. The first kappa shape index (κ1) is 18.8. The highest BCUT2D eigenvalue weighted by Gasteiger charge is 2.23. The first-order valence-electron chi connectivity index (χ1n) is 9.54. The largest absolute Gasteiger partial charge is 0.454 e. The molecule has 0 saturated carbocycles. The molecule has 8 heteroatoms. The van der Waals surface area contributed by atoms with E-state index in [0.717, 1.165) is 17.1 Å². The molecule has 2 aliphatic heterocycles. The van der Waals surface area contributed by atoms with Crippen LogP contribution >= 0.6 is 0 Å². The van der Waals surface area contributed by atoms with E-state index in [9.17, 15) is 4.79 Å². The molecule has 28 heavy (non-hydrogen) atoms. The van der Waals surface area contributed by atoms with Crippen molar-refractivity contribution in [2.45, 2.75) is 33.0 Å². The van der Waals surface area contributed by atoms with Gasteiger partial charge in [0, 0.05) is 25.7 Å². The summed E-state index contributed by atoms with van der Waals surface area (Å²) >= 11 is 0. The van der Waals surface area contributed by atoms with Crippen LogP contribution < -0.4 is 9.47 Å². The third-order valence-electron chi connectivity index (χ3n) is 4.96. The second-order valence-electron chi connectivity index (χ2n) is 7.22. The van der Waals surface area contributed by atoms with E-state index in [4.69, 9.17) is 18.6 Å². The monoisotopic (exact) mass is 387 g/mol. The maximum atomic E-state index is 12.5. The van der Waals surface area contributed by atoms with Crippen molar-refractivity contribution in [3.8, 4) is 11.5 Å². The minimum Gasteiger partial charge on any atom is -0.454 e. The molecule has 0 unspecified atom stereocenters. The summed E-state index contributed by atoms with van der Waals surface area (Å²) in [5.41, 5.74) is 1.47. The number of ether oxygens (including phenoxy) is 3. The van der Waals surface area contributed by atoms with Gasteiger partial charge in [-0.25, -0.2) is 4.98 Å². The summed E-state index contributed by atoms with van der Waals surface area (Å²) in [6.45, 7) is 8.03. The highest BCUT2D eigenvalue weighted by molar-refractivity contribution is 5.92. The number of fused-ring (bicyclic) bond motifs is 1. The lowest BCUT2D eigenvalue weighted by atomic mass is 10.1. The molecule has 1 fully saturated rings. The third-order valence-corrected chi connectivity index (χ3v) is 4.96. The van der Waals surface area contributed by atoms with Crippen LogP contribution in [0.15, 0.2) is 28.9 Å². The van der Waals surface area contributed by atoms with E-state index in [1.807, 2.05) is 18.2 Å². The molecule has 0 bridgehead atoms. The second kappa shape index (κ2) is 8.20. The molecule has 0 N–H and O–H groups in total. The van der Waals surface area contributed by atoms with Gasteiger partial charge in [-0.05, 0) is 31.5 Å². The molecule has 150 valence electrons. The van der Waals surface area contributed by atoms with Crippen LogP contribution in [0.1, 0.15) is 35.8 Å². The number of morpholine rings is 1. The van der Waals surface area contributed by atoms with Gasteiger partial charge < -0.3 is 23.5 Å². The molecule has 3 heterocycles. The van der Waals surface area contributed by atoms with E-state index in [0.29, 0.717) is 51.0 Å². The van der Waals surface area contributed by atoms with Crippen LogP contribution in [-0.4, -0.2) is 59.8 Å². The standard InChI is InChI=1S/C20H25N3O5/c1-14(2)23(10-15-3-4-17-18(9-15)28-13-27-17)11-19-21-16(12-26-19)20(24)22-5-7-25-8-6-22/h3-4,9,12,14H,5-8,10-11,13H2,1-2H3. The van der Waals surface area contributed by atoms with E-state index in [1.54, 1.807) is 4.90 Å². The van der Waals surface area contributed by atoms with Crippen molar-refractivity contribution >= 4 is 5.91 Å². The number of amides is 1. The highest BCUT2D eigenvalue weighted by Crippen LogP contribution is 2.33. The lowest BCUT2D eigenvalue weighted by Crippen LogP contribution is -2.40. The van der Waals surface area contributed by atoms with Gasteiger partial charge in [0.2, 0.25) is 12.7 Å². The van der Waals surface area contributed by atoms with Gasteiger partial charge in [-0.2, -0.15) is 0 Å². The Labute approximate surface area is 164 Å². The molecule has 8 nitrogen and oxygen atoms in total. The highest BCUT2D eigenvalue weighted by atomic mass is 16.7. The Morgan fingerprint density at radius 3 is 2.75 bits per heavy atom. The zero-order valence-electron chi connectivity index (χ0n) is 16.2. The zero-order valence-corrected chi connectivity index (χ0v) is 16.2. The summed E-state index contributed by atoms with van der Waals surface area (Å²) in [6.07, 6.45) is 1.45. The Kier molecular flexibility index (Phi) is 5.50. The molecule has 0 radical (unpaired) electrons. The van der Waals surface area contributed by atoms with Crippen LogP contribution in [0.4, 0.5) is 0 Å². The predicted octanol–water partition coefficient (Wildman–Crippen LogP) is 2.29. The molecule has 1 aromatic carbocycles. The minimum absolute atomic E-state index is 0.106. The van der Waals surface area contributed by atoms with Crippen molar-refractivity contribution < 1.29 is 23.4 Å². The molecule has 1 amide bonds. The summed E-state index contributed by atoms with van der Waals surface area (Å²) in [7, 11) is 0. The van der Waals surface area contributed by atoms with Gasteiger partial charge >= 0.3 is 0 Å². The number of carbonyl (C=O) groups excluding carboxylic acids is 1. The SMILES string of the molecule is CC(C)N(Cc1ccc2c(c1)OCO2)Cc1nc(C(=O)N2CCOCC2)co1. The first-order valence-corrected chi connectivity index (χ1v) is 9.54. The molecule has 2 aliphatic rings. The fourth-order valence-electron chi connectivity index (χ4n) is 3.28. The number of nitrogens with zero attached hydrogens (tertiary/aromatic N) is 3. The van der Waals surface area contributed by atoms with Crippen LogP contribution in [0, 0.1) is 0 Å². The Hall–Kier alpha value is -2.58. The fraction of sp³-hybridized carbons (Fsp3) is 0.500. The van der Waals surface area contributed by atoms with E-state index in [1.165, 1.54) is 6.26 Å². The van der Waals surface area contributed by atoms with Crippen LogP contribution in [0.5, 0.6) is 11.5 Å². The molecule has 2 aromatic rings. The maximum Gasteiger partial charge on any atom is 0.275 e. The minimum atomic E-state index is -0.106. The molecule has 0 atom stereocenters. The second-order valence-corrected chi connectivity index (χ2v) is 7.22. The van der Waals surface area contributed by atoms with Gasteiger partial charge in [0.15, 0.2) is 17.2 Å². The van der Waals surface area contributed by atoms with Gasteiger partial charge in [0.1, 0.15) is 6.26 Å². The lowest BCUT2D eigenvalue weighted by molar-refractivity contribution is 0.0299. The molecule has 0 spiro atoms. The quantitative estimate of drug-likeness (QED) is 0.753. The average Bonchev–Trinajstić information content (AvgIpc) is 3.36. The van der Waals surface area contributed by atoms with Crippen LogP contribution in [0.3, 0.4) is 0 Å². The van der Waals surface area contributed by atoms with Crippen molar-refractivity contribution in [1.29, 1.82) is 0 Å². The van der Waals surface area contributed by atoms with Crippen LogP contribution in [-0.2, 0) is 17.8 Å². The van der Waals surface area contributed by atoms with Crippen molar-refractivity contribution in [3.05, 3.63) is 41.6 Å². The third kappa shape index (κ3) is 4.13. The fourth-order valence-corrected chi connectivity index (χ4v) is 3.28. The molecule has 1 aromatic heterocycles. The van der Waals surface area contributed by atoms with E-state index < -0.39 is 0 Å². The van der Waals surface area contributed by atoms with Crippen molar-refractivity contribution in [2.75, 3.05) is 33.1 Å². The molecule has 4 rings (SSSR count). The lowest BCUT2D eigenvalue weighted by Gasteiger charge is -2.26. The zero-order chi connectivity index (χ0) is 19.5.